The van der Waals surface area contributed by atoms with Gasteiger partial charge in [-0.25, -0.2) is 9.59 Å². The molecule has 1 aliphatic heterocycles. The van der Waals surface area contributed by atoms with Crippen molar-refractivity contribution >= 4 is 23.8 Å². The molecule has 2 N–H and O–H groups in total. The summed E-state index contributed by atoms with van der Waals surface area (Å²) < 4.78 is 0. The molecule has 0 radical (unpaired) electrons. The number of carboxylic acid groups (broad SMARTS) is 1. The molecule has 3 atom stereocenters. The van der Waals surface area contributed by atoms with Crippen molar-refractivity contribution in [3.8, 4) is 0 Å². The van der Waals surface area contributed by atoms with E-state index in [0.717, 1.165) is 12.0 Å². The molecule has 0 spiro atoms. The van der Waals surface area contributed by atoms with E-state index in [1.165, 1.54) is 16.7 Å². The first kappa shape index (κ1) is 15.6. The zero-order valence-electron chi connectivity index (χ0n) is 12.0. The van der Waals surface area contributed by atoms with Crippen LogP contribution in [0.15, 0.2) is 24.5 Å². The fourth-order valence-corrected chi connectivity index (χ4v) is 3.68. The fraction of sp³-hybridized carbons (Fsp3) is 0.500. The third-order valence-electron chi connectivity index (χ3n) is 3.51. The van der Waals surface area contributed by atoms with E-state index >= 15 is 0 Å². The predicted molar refractivity (Wildman–Crippen MR) is 81.0 cm³/mol. The van der Waals surface area contributed by atoms with Crippen molar-refractivity contribution < 1.29 is 14.7 Å². The van der Waals surface area contributed by atoms with Gasteiger partial charge in [0.1, 0.15) is 6.04 Å². The lowest BCUT2D eigenvalue weighted by Gasteiger charge is -2.28. The van der Waals surface area contributed by atoms with Gasteiger partial charge >= 0.3 is 12.0 Å². The highest BCUT2D eigenvalue weighted by Gasteiger charge is 2.41. The van der Waals surface area contributed by atoms with Gasteiger partial charge in [-0.1, -0.05) is 6.92 Å². The van der Waals surface area contributed by atoms with E-state index in [1.807, 2.05) is 26.0 Å². The van der Waals surface area contributed by atoms with Crippen LogP contribution < -0.4 is 5.32 Å². The summed E-state index contributed by atoms with van der Waals surface area (Å²) in [7, 11) is 0. The zero-order chi connectivity index (χ0) is 15.4. The summed E-state index contributed by atoms with van der Waals surface area (Å²) in [5.41, 5.74) is 0.935. The van der Waals surface area contributed by atoms with E-state index in [-0.39, 0.29) is 17.4 Å². The average molecular weight is 309 g/mol. The fourth-order valence-electron chi connectivity index (χ4n) is 2.34. The van der Waals surface area contributed by atoms with Crippen LogP contribution >= 0.6 is 11.8 Å². The average Bonchev–Trinajstić information content (AvgIpc) is 2.92. The first-order valence-electron chi connectivity index (χ1n) is 6.87. The summed E-state index contributed by atoms with van der Waals surface area (Å²) in [6, 6.07) is 2.37. The first-order chi connectivity index (χ1) is 10.0. The molecule has 1 saturated heterocycles. The number of carbonyl (C=O) groups is 2. The van der Waals surface area contributed by atoms with Crippen LogP contribution in [0.1, 0.15) is 31.9 Å². The number of hydrogen-bond donors (Lipinski definition) is 2. The lowest BCUT2D eigenvalue weighted by molar-refractivity contribution is -0.141. The third kappa shape index (κ3) is 3.47. The zero-order valence-corrected chi connectivity index (χ0v) is 12.8. The van der Waals surface area contributed by atoms with Gasteiger partial charge in [-0.05, 0) is 31.0 Å². The number of carboxylic acids is 1. The van der Waals surface area contributed by atoms with Gasteiger partial charge in [0.2, 0.25) is 0 Å². The Morgan fingerprint density at radius 1 is 1.52 bits per heavy atom. The van der Waals surface area contributed by atoms with Crippen LogP contribution in [-0.4, -0.2) is 44.2 Å². The van der Waals surface area contributed by atoms with Crippen molar-refractivity contribution in [2.75, 3.05) is 5.75 Å². The van der Waals surface area contributed by atoms with Gasteiger partial charge in [0.15, 0.2) is 0 Å². The number of nitrogens with one attached hydrogen (secondary N) is 1. The minimum Gasteiger partial charge on any atom is -0.480 e. The Hall–Kier alpha value is -1.76. The Morgan fingerprint density at radius 2 is 2.19 bits per heavy atom. The van der Waals surface area contributed by atoms with E-state index in [0.29, 0.717) is 5.75 Å². The quantitative estimate of drug-likeness (QED) is 0.890. The highest BCUT2D eigenvalue weighted by Crippen LogP contribution is 2.31. The standard InChI is InChI=1S/C14H19N3O3S/c1-3-12-17(11(8-21-12)13(18)19)14(20)16-9(2)10-4-6-15-7-5-10/h4-7,9,11-12H,3,8H2,1-2H3,(H,16,20)(H,18,19). The van der Waals surface area contributed by atoms with Crippen molar-refractivity contribution in [2.45, 2.75) is 37.7 Å². The molecule has 0 bridgehead atoms. The summed E-state index contributed by atoms with van der Waals surface area (Å²) in [5, 5.41) is 12.0. The first-order valence-corrected chi connectivity index (χ1v) is 7.92. The summed E-state index contributed by atoms with van der Waals surface area (Å²) in [6.45, 7) is 3.82. The number of rotatable bonds is 4. The molecule has 2 rings (SSSR count). The van der Waals surface area contributed by atoms with Gasteiger partial charge in [-0.3, -0.25) is 9.88 Å². The molecule has 2 amide bonds. The molecule has 1 fully saturated rings. The van der Waals surface area contributed by atoms with Crippen molar-refractivity contribution in [1.29, 1.82) is 0 Å². The van der Waals surface area contributed by atoms with E-state index in [2.05, 4.69) is 10.3 Å². The van der Waals surface area contributed by atoms with Crippen LogP contribution in [0, 0.1) is 0 Å². The number of pyridine rings is 1. The van der Waals surface area contributed by atoms with Crippen LogP contribution in [0.25, 0.3) is 0 Å². The molecule has 2 heterocycles. The summed E-state index contributed by atoms with van der Waals surface area (Å²) >= 11 is 1.51. The molecule has 7 heteroatoms. The molecule has 0 aliphatic carbocycles. The van der Waals surface area contributed by atoms with Crippen LogP contribution in [0.5, 0.6) is 0 Å². The van der Waals surface area contributed by atoms with Crippen LogP contribution in [0.4, 0.5) is 4.79 Å². The Kier molecular flexibility index (Phi) is 5.06. The highest BCUT2D eigenvalue weighted by molar-refractivity contribution is 8.00. The largest absolute Gasteiger partial charge is 0.480 e. The number of aromatic nitrogens is 1. The van der Waals surface area contributed by atoms with Gasteiger partial charge in [-0.15, -0.1) is 11.8 Å². The minimum absolute atomic E-state index is 0.0873. The molecule has 0 saturated carbocycles. The number of carbonyl (C=O) groups excluding carboxylic acids is 1. The molecule has 0 aromatic carbocycles. The van der Waals surface area contributed by atoms with Crippen LogP contribution in [0.3, 0.4) is 0 Å². The number of urea groups is 1. The highest BCUT2D eigenvalue weighted by atomic mass is 32.2. The lowest BCUT2D eigenvalue weighted by Crippen LogP contribution is -2.50. The van der Waals surface area contributed by atoms with Crippen molar-refractivity contribution in [3.05, 3.63) is 30.1 Å². The third-order valence-corrected chi connectivity index (χ3v) is 4.96. The van der Waals surface area contributed by atoms with Gasteiger partial charge in [-0.2, -0.15) is 0 Å². The minimum atomic E-state index is -0.954. The second-order valence-corrected chi connectivity index (χ2v) is 6.12. The number of aliphatic carboxylic acids is 1. The SMILES string of the molecule is CCC1SCC(C(=O)O)N1C(=O)NC(C)c1ccncc1. The Balaban J connectivity index is 2.08. The number of hydrogen-bond acceptors (Lipinski definition) is 4. The Bertz CT molecular complexity index is 511. The molecule has 6 nitrogen and oxygen atoms in total. The van der Waals surface area contributed by atoms with Gasteiger partial charge < -0.3 is 10.4 Å². The smallest absolute Gasteiger partial charge is 0.327 e. The van der Waals surface area contributed by atoms with Crippen LogP contribution in [-0.2, 0) is 4.79 Å². The maximum Gasteiger partial charge on any atom is 0.327 e. The van der Waals surface area contributed by atoms with E-state index in [4.69, 9.17) is 0 Å². The predicted octanol–water partition coefficient (Wildman–Crippen LogP) is 2.09. The molecule has 114 valence electrons. The van der Waals surface area contributed by atoms with Gasteiger partial charge in [0.25, 0.3) is 0 Å². The monoisotopic (exact) mass is 309 g/mol. The molecular weight excluding hydrogens is 290 g/mol. The molecular formula is C14H19N3O3S. The van der Waals surface area contributed by atoms with Crippen molar-refractivity contribution in [3.63, 3.8) is 0 Å². The molecule has 3 unspecified atom stereocenters. The van der Waals surface area contributed by atoms with E-state index in [9.17, 15) is 14.7 Å². The molecule has 1 aromatic rings. The topological polar surface area (TPSA) is 82.5 Å². The normalized spacial score (nSPS) is 22.9. The van der Waals surface area contributed by atoms with E-state index < -0.39 is 12.0 Å². The van der Waals surface area contributed by atoms with Gasteiger partial charge in [0.05, 0.1) is 11.4 Å². The van der Waals surface area contributed by atoms with Crippen molar-refractivity contribution in [2.24, 2.45) is 0 Å². The summed E-state index contributed by atoms with van der Waals surface area (Å²) in [6.07, 6.45) is 4.06. The molecule has 1 aliphatic rings. The van der Waals surface area contributed by atoms with Crippen molar-refractivity contribution in [1.82, 2.24) is 15.2 Å². The maximum atomic E-state index is 12.4. The summed E-state index contributed by atoms with van der Waals surface area (Å²) in [4.78, 5) is 29.1. The lowest BCUT2D eigenvalue weighted by atomic mass is 10.1. The summed E-state index contributed by atoms with van der Waals surface area (Å²) in [5.74, 6) is -0.518. The van der Waals surface area contributed by atoms with Gasteiger partial charge in [0, 0.05) is 18.1 Å². The Morgan fingerprint density at radius 3 is 2.76 bits per heavy atom. The number of nitrogens with zero attached hydrogens (tertiary/aromatic N) is 2. The molecule has 1 aromatic heterocycles. The van der Waals surface area contributed by atoms with Crippen LogP contribution in [0.2, 0.25) is 0 Å². The van der Waals surface area contributed by atoms with E-state index in [1.54, 1.807) is 12.4 Å². The molecule has 21 heavy (non-hydrogen) atoms. The second kappa shape index (κ2) is 6.80. The maximum absolute atomic E-state index is 12.4. The Labute approximate surface area is 127 Å². The number of amides is 2. The second-order valence-electron chi connectivity index (χ2n) is 4.91. The number of thioether (sulfide) groups is 1.